The monoisotopic (exact) mass is 765 g/mol. The standard InChI is InChI=1S/C27H33NO2.2C7H7.Hf/c1-18(2)24-16-19(3)14-22(26(24)29)10-12-28-13-11-23-15-20(4)17-25(27(23)30)21-8-6-5-7-9-21;2*1-7-5-3-2-4-6-7;/h5-9,14-18,28-30H,10-13H2,1-4H3;2*2-6H,1H2;/q;2*-1;. The zero-order valence-electron chi connectivity index (χ0n) is 27.2. The third-order valence-corrected chi connectivity index (χ3v) is 7.23. The van der Waals surface area contributed by atoms with Crippen molar-refractivity contribution in [1.29, 1.82) is 0 Å². The van der Waals surface area contributed by atoms with E-state index >= 15 is 0 Å². The molecule has 0 aliphatic rings. The summed E-state index contributed by atoms with van der Waals surface area (Å²) in [6.45, 7) is 17.4. The minimum Gasteiger partial charge on any atom is -0.507 e. The molecule has 5 rings (SSSR count). The average Bonchev–Trinajstić information content (AvgIpc) is 3.01. The van der Waals surface area contributed by atoms with Gasteiger partial charge in [0.15, 0.2) is 0 Å². The predicted octanol–water partition coefficient (Wildman–Crippen LogP) is 9.61. The largest absolute Gasteiger partial charge is 0.507 e. The van der Waals surface area contributed by atoms with Gasteiger partial charge in [0.1, 0.15) is 11.5 Å². The number of phenols is 2. The Morgan fingerprint density at radius 1 is 0.600 bits per heavy atom. The number of phenolic OH excluding ortho intramolecular Hbond substituents is 2. The van der Waals surface area contributed by atoms with Gasteiger partial charge >= 0.3 is 0 Å². The molecule has 5 aromatic rings. The van der Waals surface area contributed by atoms with Crippen molar-refractivity contribution >= 4 is 0 Å². The maximum Gasteiger partial charge on any atom is 0.126 e. The number of hydrogen-bond donors (Lipinski definition) is 3. The molecule has 0 heterocycles. The second-order valence-electron chi connectivity index (χ2n) is 11.4. The van der Waals surface area contributed by atoms with E-state index in [9.17, 15) is 10.2 Å². The van der Waals surface area contributed by atoms with E-state index < -0.39 is 0 Å². The summed E-state index contributed by atoms with van der Waals surface area (Å²) in [7, 11) is 0. The summed E-state index contributed by atoms with van der Waals surface area (Å²) < 4.78 is 0. The van der Waals surface area contributed by atoms with Gasteiger partial charge in [-0.25, -0.2) is 0 Å². The Morgan fingerprint density at radius 3 is 1.44 bits per heavy atom. The van der Waals surface area contributed by atoms with E-state index in [4.69, 9.17) is 0 Å². The van der Waals surface area contributed by atoms with Gasteiger partial charge in [-0.3, -0.25) is 0 Å². The van der Waals surface area contributed by atoms with E-state index in [-0.39, 0.29) is 25.8 Å². The molecule has 0 aliphatic heterocycles. The molecular weight excluding hydrogens is 717 g/mol. The molecule has 0 saturated carbocycles. The van der Waals surface area contributed by atoms with Gasteiger partial charge in [-0.2, -0.15) is 49.2 Å². The molecule has 5 aromatic carbocycles. The molecule has 234 valence electrons. The van der Waals surface area contributed by atoms with Gasteiger partial charge in [-0.1, -0.05) is 80.1 Å². The first-order chi connectivity index (χ1) is 21.2. The van der Waals surface area contributed by atoms with Crippen molar-refractivity contribution in [2.24, 2.45) is 0 Å². The van der Waals surface area contributed by atoms with Crippen LogP contribution in [0.3, 0.4) is 0 Å². The van der Waals surface area contributed by atoms with Crippen molar-refractivity contribution in [3.8, 4) is 22.6 Å². The molecule has 3 N–H and O–H groups in total. The number of hydrogen-bond acceptors (Lipinski definition) is 3. The smallest absolute Gasteiger partial charge is 0.126 e. The molecular formula is C41H47HfNO2-2. The molecule has 0 spiro atoms. The molecule has 4 heteroatoms. The first kappa shape index (κ1) is 37.5. The van der Waals surface area contributed by atoms with E-state index in [2.05, 4.69) is 65.1 Å². The summed E-state index contributed by atoms with van der Waals surface area (Å²) in [6.07, 6.45) is 1.53. The topological polar surface area (TPSA) is 52.5 Å². The Bertz CT molecular complexity index is 1510. The molecule has 3 nitrogen and oxygen atoms in total. The Kier molecular flexibility index (Phi) is 16.3. The predicted molar refractivity (Wildman–Crippen MR) is 187 cm³/mol. The summed E-state index contributed by atoms with van der Waals surface area (Å²) in [5.74, 6) is 1.10. The van der Waals surface area contributed by atoms with Crippen LogP contribution >= 0.6 is 0 Å². The van der Waals surface area contributed by atoms with E-state index in [0.717, 1.165) is 70.4 Å². The quantitative estimate of drug-likeness (QED) is 0.0839. The summed E-state index contributed by atoms with van der Waals surface area (Å²) in [6, 6.07) is 38.0. The van der Waals surface area contributed by atoms with Gasteiger partial charge in [0, 0.05) is 31.4 Å². The number of aromatic hydroxyl groups is 2. The van der Waals surface area contributed by atoms with Gasteiger partial charge in [-0.15, -0.1) is 24.3 Å². The Balaban J connectivity index is 0.000000384. The van der Waals surface area contributed by atoms with Crippen LogP contribution in [0, 0.1) is 27.7 Å². The number of aryl methyl sites for hydroxylation is 2. The van der Waals surface area contributed by atoms with Crippen LogP contribution < -0.4 is 5.32 Å². The van der Waals surface area contributed by atoms with Gasteiger partial charge in [0.05, 0.1) is 0 Å². The summed E-state index contributed by atoms with van der Waals surface area (Å²) in [5.41, 5.74) is 9.36. The average molecular weight is 764 g/mol. The van der Waals surface area contributed by atoms with Gasteiger partial charge in [-0.05, 0) is 79.6 Å². The minimum absolute atomic E-state index is 0. The maximum atomic E-state index is 10.8. The first-order valence-electron chi connectivity index (χ1n) is 15.3. The second kappa shape index (κ2) is 19.6. The maximum absolute atomic E-state index is 10.8. The zero-order chi connectivity index (χ0) is 31.9. The Hall–Kier alpha value is -3.73. The number of nitrogens with one attached hydrogen (secondary N) is 1. The van der Waals surface area contributed by atoms with Crippen LogP contribution in [0.4, 0.5) is 0 Å². The van der Waals surface area contributed by atoms with Crippen LogP contribution in [0.1, 0.15) is 58.7 Å². The second-order valence-corrected chi connectivity index (χ2v) is 11.4. The molecule has 45 heavy (non-hydrogen) atoms. The van der Waals surface area contributed by atoms with Gasteiger partial charge in [0.25, 0.3) is 0 Å². The van der Waals surface area contributed by atoms with E-state index in [1.165, 1.54) is 5.56 Å². The molecule has 0 radical (unpaired) electrons. The van der Waals surface area contributed by atoms with Crippen molar-refractivity contribution in [2.45, 2.75) is 46.5 Å². The van der Waals surface area contributed by atoms with E-state index in [0.29, 0.717) is 17.4 Å². The third-order valence-electron chi connectivity index (χ3n) is 7.23. The fourth-order valence-corrected chi connectivity index (χ4v) is 4.92. The fourth-order valence-electron chi connectivity index (χ4n) is 4.92. The minimum atomic E-state index is 0. The summed E-state index contributed by atoms with van der Waals surface area (Å²) in [5, 5.41) is 24.8. The van der Waals surface area contributed by atoms with Crippen LogP contribution in [0.2, 0.25) is 0 Å². The fraction of sp³-hybridized carbons (Fsp3) is 0.220. The summed E-state index contributed by atoms with van der Waals surface area (Å²) >= 11 is 0. The van der Waals surface area contributed by atoms with Gasteiger partial charge < -0.3 is 15.5 Å². The zero-order valence-corrected chi connectivity index (χ0v) is 30.8. The third kappa shape index (κ3) is 12.7. The molecule has 0 aromatic heterocycles. The van der Waals surface area contributed by atoms with Crippen LogP contribution in [0.25, 0.3) is 11.1 Å². The number of benzene rings is 5. The molecule has 0 fully saturated rings. The van der Waals surface area contributed by atoms with Crippen molar-refractivity contribution in [3.63, 3.8) is 0 Å². The number of rotatable bonds is 8. The van der Waals surface area contributed by atoms with Gasteiger partial charge in [0.2, 0.25) is 0 Å². The van der Waals surface area contributed by atoms with Crippen molar-refractivity contribution < 1.29 is 36.1 Å². The first-order valence-corrected chi connectivity index (χ1v) is 15.3. The SMILES string of the molecule is Cc1cc(CCNCCc2cc(C)cc(C(C)C)c2O)c(O)c(-c2ccccc2)c1.[CH2-]c1ccccc1.[CH2-]c1ccccc1.[Hf]. The van der Waals surface area contributed by atoms with Crippen molar-refractivity contribution in [2.75, 3.05) is 13.1 Å². The molecule has 0 amide bonds. The molecule has 0 atom stereocenters. The van der Waals surface area contributed by atoms with E-state index in [1.807, 2.05) is 97.1 Å². The van der Waals surface area contributed by atoms with Crippen molar-refractivity contribution in [1.82, 2.24) is 5.32 Å². The molecule has 0 saturated heterocycles. The van der Waals surface area contributed by atoms with Crippen molar-refractivity contribution in [3.05, 3.63) is 168 Å². The van der Waals surface area contributed by atoms with Crippen LogP contribution in [-0.2, 0) is 38.7 Å². The van der Waals surface area contributed by atoms with Crippen LogP contribution in [0.5, 0.6) is 11.5 Å². The normalized spacial score (nSPS) is 10.2. The molecule has 0 bridgehead atoms. The molecule has 0 unspecified atom stereocenters. The Morgan fingerprint density at radius 2 is 1.02 bits per heavy atom. The Labute approximate surface area is 290 Å². The van der Waals surface area contributed by atoms with E-state index in [1.54, 1.807) is 0 Å². The van der Waals surface area contributed by atoms with Crippen LogP contribution in [0.15, 0.2) is 115 Å². The summed E-state index contributed by atoms with van der Waals surface area (Å²) in [4.78, 5) is 0. The van der Waals surface area contributed by atoms with Crippen LogP contribution in [-0.4, -0.2) is 23.3 Å². The molecule has 0 aliphatic carbocycles.